The number of rotatable bonds is 7. The lowest BCUT2D eigenvalue weighted by Gasteiger charge is -2.25. The first-order valence-electron chi connectivity index (χ1n) is 6.44. The van der Waals surface area contributed by atoms with Crippen molar-refractivity contribution in [3.8, 4) is 0 Å². The number of carbonyl (C=O) groups is 1. The first-order chi connectivity index (χ1) is 8.84. The SMILES string of the molecule is COC(=O)c1ccc(CNCC(C)(O)CC(C)C)o1. The summed E-state index contributed by atoms with van der Waals surface area (Å²) < 4.78 is 9.87. The Morgan fingerprint density at radius 2 is 2.21 bits per heavy atom. The highest BCUT2D eigenvalue weighted by molar-refractivity contribution is 5.86. The third kappa shape index (κ3) is 5.44. The van der Waals surface area contributed by atoms with Crippen molar-refractivity contribution in [3.05, 3.63) is 23.7 Å². The molecule has 1 aromatic rings. The molecule has 0 aromatic carbocycles. The van der Waals surface area contributed by atoms with Crippen LogP contribution >= 0.6 is 0 Å². The second-order valence-corrected chi connectivity index (χ2v) is 5.46. The summed E-state index contributed by atoms with van der Waals surface area (Å²) in [4.78, 5) is 11.2. The number of hydrogen-bond acceptors (Lipinski definition) is 5. The Kier molecular flexibility index (Phi) is 5.57. The fourth-order valence-corrected chi connectivity index (χ4v) is 2.09. The second-order valence-electron chi connectivity index (χ2n) is 5.46. The van der Waals surface area contributed by atoms with E-state index in [9.17, 15) is 9.90 Å². The summed E-state index contributed by atoms with van der Waals surface area (Å²) in [6, 6.07) is 3.30. The molecular weight excluding hydrogens is 246 g/mol. The van der Waals surface area contributed by atoms with Crippen LogP contribution in [0.3, 0.4) is 0 Å². The predicted octanol–water partition coefficient (Wildman–Crippen LogP) is 1.95. The molecule has 1 atom stereocenters. The van der Waals surface area contributed by atoms with Gasteiger partial charge in [-0.05, 0) is 31.4 Å². The average Bonchev–Trinajstić information content (AvgIpc) is 2.74. The number of ether oxygens (including phenoxy) is 1. The van der Waals surface area contributed by atoms with Crippen LogP contribution in [0.1, 0.15) is 43.5 Å². The van der Waals surface area contributed by atoms with Crippen LogP contribution in [0.15, 0.2) is 16.5 Å². The molecule has 0 aliphatic heterocycles. The molecule has 0 aliphatic rings. The highest BCUT2D eigenvalue weighted by Crippen LogP contribution is 2.15. The van der Waals surface area contributed by atoms with Gasteiger partial charge in [-0.15, -0.1) is 0 Å². The van der Waals surface area contributed by atoms with Crippen LogP contribution in [0.5, 0.6) is 0 Å². The van der Waals surface area contributed by atoms with Gasteiger partial charge in [0, 0.05) is 6.54 Å². The van der Waals surface area contributed by atoms with Gasteiger partial charge in [-0.25, -0.2) is 4.79 Å². The molecule has 0 spiro atoms. The highest BCUT2D eigenvalue weighted by Gasteiger charge is 2.21. The van der Waals surface area contributed by atoms with E-state index in [-0.39, 0.29) is 5.76 Å². The summed E-state index contributed by atoms with van der Waals surface area (Å²) in [6.07, 6.45) is 0.728. The van der Waals surface area contributed by atoms with E-state index in [4.69, 9.17) is 4.42 Å². The molecule has 0 saturated carbocycles. The van der Waals surface area contributed by atoms with Crippen molar-refractivity contribution in [2.75, 3.05) is 13.7 Å². The summed E-state index contributed by atoms with van der Waals surface area (Å²) in [5.41, 5.74) is -0.744. The maximum absolute atomic E-state index is 11.2. The molecule has 19 heavy (non-hydrogen) atoms. The monoisotopic (exact) mass is 269 g/mol. The molecule has 1 rings (SSSR count). The van der Waals surface area contributed by atoms with Crippen LogP contribution in [0, 0.1) is 5.92 Å². The summed E-state index contributed by atoms with van der Waals surface area (Å²) >= 11 is 0. The second kappa shape index (κ2) is 6.73. The van der Waals surface area contributed by atoms with Crippen molar-refractivity contribution in [3.63, 3.8) is 0 Å². The molecule has 0 aliphatic carbocycles. The van der Waals surface area contributed by atoms with E-state index >= 15 is 0 Å². The third-order valence-electron chi connectivity index (χ3n) is 2.70. The molecule has 0 radical (unpaired) electrons. The number of hydrogen-bond donors (Lipinski definition) is 2. The van der Waals surface area contributed by atoms with Gasteiger partial charge in [0.15, 0.2) is 0 Å². The summed E-state index contributed by atoms with van der Waals surface area (Å²) in [5.74, 6) is 0.776. The summed E-state index contributed by atoms with van der Waals surface area (Å²) in [5, 5.41) is 13.2. The Morgan fingerprint density at radius 3 is 2.79 bits per heavy atom. The number of aliphatic hydroxyl groups is 1. The van der Waals surface area contributed by atoms with Crippen LogP contribution in [-0.2, 0) is 11.3 Å². The van der Waals surface area contributed by atoms with Crippen molar-refractivity contribution < 1.29 is 19.1 Å². The zero-order chi connectivity index (χ0) is 14.5. The lowest BCUT2D eigenvalue weighted by atomic mass is 9.94. The lowest BCUT2D eigenvalue weighted by molar-refractivity contribution is 0.0377. The van der Waals surface area contributed by atoms with Crippen LogP contribution < -0.4 is 5.32 Å². The van der Waals surface area contributed by atoms with Gasteiger partial charge in [-0.1, -0.05) is 13.8 Å². The lowest BCUT2D eigenvalue weighted by Crippen LogP contribution is -2.38. The van der Waals surface area contributed by atoms with E-state index in [0.29, 0.717) is 24.8 Å². The van der Waals surface area contributed by atoms with Gasteiger partial charge in [0.05, 0.1) is 19.3 Å². The maximum atomic E-state index is 11.2. The number of nitrogens with one attached hydrogen (secondary N) is 1. The van der Waals surface area contributed by atoms with Crippen molar-refractivity contribution in [2.45, 2.75) is 39.3 Å². The van der Waals surface area contributed by atoms with Gasteiger partial charge in [0.1, 0.15) is 5.76 Å². The van der Waals surface area contributed by atoms with Gasteiger partial charge in [-0.2, -0.15) is 0 Å². The minimum Gasteiger partial charge on any atom is -0.463 e. The zero-order valence-electron chi connectivity index (χ0n) is 12.0. The molecule has 2 N–H and O–H groups in total. The molecule has 0 bridgehead atoms. The first-order valence-corrected chi connectivity index (χ1v) is 6.44. The fourth-order valence-electron chi connectivity index (χ4n) is 2.09. The van der Waals surface area contributed by atoms with Crippen LogP contribution in [-0.4, -0.2) is 30.3 Å². The molecule has 0 amide bonds. The average molecular weight is 269 g/mol. The Hall–Kier alpha value is -1.33. The van der Waals surface area contributed by atoms with Crippen molar-refractivity contribution in [1.82, 2.24) is 5.32 Å². The van der Waals surface area contributed by atoms with Gasteiger partial charge >= 0.3 is 5.97 Å². The number of methoxy groups -OCH3 is 1. The van der Waals surface area contributed by atoms with Gasteiger partial charge in [-0.3, -0.25) is 0 Å². The van der Waals surface area contributed by atoms with Gasteiger partial charge in [0.25, 0.3) is 0 Å². The van der Waals surface area contributed by atoms with E-state index in [1.807, 2.05) is 6.92 Å². The highest BCUT2D eigenvalue weighted by atomic mass is 16.5. The normalized spacial score (nSPS) is 14.4. The van der Waals surface area contributed by atoms with Crippen molar-refractivity contribution in [1.29, 1.82) is 0 Å². The summed E-state index contributed by atoms with van der Waals surface area (Å²) in [6.45, 7) is 6.89. The van der Waals surface area contributed by atoms with Gasteiger partial charge < -0.3 is 19.6 Å². The molecule has 5 heteroatoms. The fraction of sp³-hybridized carbons (Fsp3) is 0.643. The molecule has 5 nitrogen and oxygen atoms in total. The number of carbonyl (C=O) groups excluding carboxylic acids is 1. The molecular formula is C14H23NO4. The largest absolute Gasteiger partial charge is 0.463 e. The van der Waals surface area contributed by atoms with Gasteiger partial charge in [0.2, 0.25) is 5.76 Å². The van der Waals surface area contributed by atoms with Crippen molar-refractivity contribution in [2.24, 2.45) is 5.92 Å². The van der Waals surface area contributed by atoms with Crippen LogP contribution in [0.2, 0.25) is 0 Å². The molecule has 1 heterocycles. The van der Waals surface area contributed by atoms with E-state index in [1.165, 1.54) is 7.11 Å². The predicted molar refractivity (Wildman–Crippen MR) is 71.8 cm³/mol. The topological polar surface area (TPSA) is 71.7 Å². The van der Waals surface area contributed by atoms with Crippen molar-refractivity contribution >= 4 is 5.97 Å². The van der Waals surface area contributed by atoms with E-state index < -0.39 is 11.6 Å². The van der Waals surface area contributed by atoms with E-state index in [2.05, 4.69) is 23.9 Å². The maximum Gasteiger partial charge on any atom is 0.373 e. The molecule has 0 fully saturated rings. The summed E-state index contributed by atoms with van der Waals surface area (Å²) in [7, 11) is 1.31. The molecule has 0 saturated heterocycles. The Morgan fingerprint density at radius 1 is 1.53 bits per heavy atom. The Labute approximate surface area is 113 Å². The number of furan rings is 1. The van der Waals surface area contributed by atoms with Crippen LogP contribution in [0.25, 0.3) is 0 Å². The van der Waals surface area contributed by atoms with E-state index in [1.54, 1.807) is 12.1 Å². The molecule has 1 unspecified atom stereocenters. The Balaban J connectivity index is 2.41. The third-order valence-corrected chi connectivity index (χ3v) is 2.70. The minimum absolute atomic E-state index is 0.188. The first kappa shape index (κ1) is 15.7. The Bertz CT molecular complexity index is 409. The van der Waals surface area contributed by atoms with E-state index in [0.717, 1.165) is 6.42 Å². The molecule has 1 aromatic heterocycles. The van der Waals surface area contributed by atoms with Crippen LogP contribution in [0.4, 0.5) is 0 Å². The smallest absolute Gasteiger partial charge is 0.373 e. The standard InChI is InChI=1S/C14H23NO4/c1-10(2)7-14(3,17)9-15-8-11-5-6-12(19-11)13(16)18-4/h5-6,10,15,17H,7-9H2,1-4H3. The zero-order valence-corrected chi connectivity index (χ0v) is 12.0. The quantitative estimate of drug-likeness (QED) is 0.740. The minimum atomic E-state index is -0.744. The number of esters is 1. The molecule has 108 valence electrons.